The van der Waals surface area contributed by atoms with E-state index in [1.165, 1.54) is 37.9 Å². The largest absolute Gasteiger partial charge is 0.463 e. The second-order valence-corrected chi connectivity index (χ2v) is 7.87. The van der Waals surface area contributed by atoms with E-state index >= 15 is 0 Å². The molecule has 0 aliphatic carbocycles. The molecule has 1 N–H and O–H groups in total. The Morgan fingerprint density at radius 1 is 1.29 bits per heavy atom. The molecule has 0 amide bonds. The van der Waals surface area contributed by atoms with Crippen LogP contribution in [0.1, 0.15) is 57.2 Å². The maximum absolute atomic E-state index is 5.88. The number of benzene rings is 1. The second-order valence-electron chi connectivity index (χ2n) is 7.87. The van der Waals surface area contributed by atoms with Gasteiger partial charge in [-0.05, 0) is 76.5 Å². The topological polar surface area (TPSA) is 33.7 Å². The van der Waals surface area contributed by atoms with Crippen LogP contribution in [-0.2, 0) is 11.3 Å². The Morgan fingerprint density at radius 3 is 2.79 bits per heavy atom. The van der Waals surface area contributed by atoms with Crippen molar-refractivity contribution in [1.82, 2.24) is 10.2 Å². The smallest absolute Gasteiger partial charge is 0.205 e. The van der Waals surface area contributed by atoms with Crippen LogP contribution in [0.15, 0.2) is 18.2 Å². The fourth-order valence-corrected chi connectivity index (χ4v) is 3.60. The molecule has 0 aromatic heterocycles. The van der Waals surface area contributed by atoms with Crippen molar-refractivity contribution < 1.29 is 9.47 Å². The van der Waals surface area contributed by atoms with E-state index < -0.39 is 5.79 Å². The molecule has 134 valence electrons. The summed E-state index contributed by atoms with van der Waals surface area (Å²) < 4.78 is 11.6. The van der Waals surface area contributed by atoms with Gasteiger partial charge in [-0.15, -0.1) is 0 Å². The van der Waals surface area contributed by atoms with Crippen molar-refractivity contribution in [1.29, 1.82) is 0 Å². The molecule has 2 aliphatic rings. The summed E-state index contributed by atoms with van der Waals surface area (Å²) in [4.78, 5) is 2.44. The minimum absolute atomic E-state index is 0.358. The number of nitrogens with zero attached hydrogens (tertiary/aromatic N) is 1. The van der Waals surface area contributed by atoms with Crippen LogP contribution in [0.3, 0.4) is 0 Å². The van der Waals surface area contributed by atoms with Crippen molar-refractivity contribution in [3.63, 3.8) is 0 Å². The van der Waals surface area contributed by atoms with E-state index in [1.54, 1.807) is 0 Å². The predicted molar refractivity (Wildman–Crippen MR) is 97.2 cm³/mol. The van der Waals surface area contributed by atoms with Crippen LogP contribution < -0.4 is 10.1 Å². The molecule has 1 fully saturated rings. The Balaban J connectivity index is 1.49. The van der Waals surface area contributed by atoms with Crippen molar-refractivity contribution in [2.24, 2.45) is 5.92 Å². The Morgan fingerprint density at radius 2 is 2.04 bits per heavy atom. The molecule has 0 unspecified atom stereocenters. The zero-order valence-electron chi connectivity index (χ0n) is 15.6. The number of hydrogen-bond donors (Lipinski definition) is 1. The number of rotatable bonds is 5. The average molecular weight is 332 g/mol. The summed E-state index contributed by atoms with van der Waals surface area (Å²) in [6.45, 7) is 10.4. The molecule has 24 heavy (non-hydrogen) atoms. The van der Waals surface area contributed by atoms with Crippen LogP contribution >= 0.6 is 0 Å². The van der Waals surface area contributed by atoms with E-state index in [1.807, 2.05) is 13.8 Å². The quantitative estimate of drug-likeness (QED) is 0.891. The maximum atomic E-state index is 5.88. The lowest BCUT2D eigenvalue weighted by Crippen LogP contribution is -2.35. The molecule has 0 spiro atoms. The van der Waals surface area contributed by atoms with Crippen molar-refractivity contribution in [2.45, 2.75) is 58.5 Å². The van der Waals surface area contributed by atoms with Crippen LogP contribution in [0.2, 0.25) is 0 Å². The van der Waals surface area contributed by atoms with Gasteiger partial charge in [0.25, 0.3) is 0 Å². The van der Waals surface area contributed by atoms with Crippen molar-refractivity contribution >= 4 is 0 Å². The Bertz CT molecular complexity index is 551. The van der Waals surface area contributed by atoms with E-state index in [9.17, 15) is 0 Å². The van der Waals surface area contributed by atoms with Gasteiger partial charge in [0.15, 0.2) is 0 Å². The SMILES string of the molecule is C[C@H](NCCC1CCN(C)CC1)c1ccc2c(c1)COC(C)(C)O2. The highest BCUT2D eigenvalue weighted by molar-refractivity contribution is 5.39. The van der Waals surface area contributed by atoms with E-state index in [-0.39, 0.29) is 0 Å². The van der Waals surface area contributed by atoms with Crippen molar-refractivity contribution in [3.8, 4) is 5.75 Å². The molecular formula is C20H32N2O2. The van der Waals surface area contributed by atoms with Gasteiger partial charge in [-0.2, -0.15) is 0 Å². The standard InChI is InChI=1S/C20H32N2O2/c1-15(21-10-7-16-8-11-22(4)12-9-16)17-5-6-19-18(13-17)14-23-20(2,3)24-19/h5-6,13,15-16,21H,7-12,14H2,1-4H3/t15-/m0/s1. The molecule has 2 heterocycles. The third kappa shape index (κ3) is 4.50. The van der Waals surface area contributed by atoms with Gasteiger partial charge in [0, 0.05) is 25.5 Å². The third-order valence-electron chi connectivity index (χ3n) is 5.36. The van der Waals surface area contributed by atoms with Gasteiger partial charge in [0.05, 0.1) is 6.61 Å². The molecule has 2 aliphatic heterocycles. The number of ether oxygens (including phenoxy) is 2. The van der Waals surface area contributed by atoms with Gasteiger partial charge in [-0.25, -0.2) is 0 Å². The summed E-state index contributed by atoms with van der Waals surface area (Å²) in [7, 11) is 2.22. The maximum Gasteiger partial charge on any atom is 0.205 e. The minimum Gasteiger partial charge on any atom is -0.463 e. The van der Waals surface area contributed by atoms with Crippen LogP contribution in [0, 0.1) is 5.92 Å². The highest BCUT2D eigenvalue weighted by atomic mass is 16.7. The van der Waals surface area contributed by atoms with Gasteiger partial charge >= 0.3 is 0 Å². The first kappa shape index (κ1) is 17.7. The van der Waals surface area contributed by atoms with E-state index in [0.717, 1.165) is 23.8 Å². The van der Waals surface area contributed by atoms with Crippen LogP contribution in [0.25, 0.3) is 0 Å². The molecule has 4 nitrogen and oxygen atoms in total. The Hall–Kier alpha value is -1.10. The molecule has 4 heteroatoms. The summed E-state index contributed by atoms with van der Waals surface area (Å²) in [5.41, 5.74) is 2.46. The van der Waals surface area contributed by atoms with Crippen LogP contribution in [0.5, 0.6) is 5.75 Å². The number of likely N-dealkylation sites (tertiary alicyclic amines) is 1. The minimum atomic E-state index is -0.521. The lowest BCUT2D eigenvalue weighted by Gasteiger charge is -2.33. The lowest BCUT2D eigenvalue weighted by atomic mass is 9.93. The number of fused-ring (bicyclic) bond motifs is 1. The number of piperidine rings is 1. The summed E-state index contributed by atoms with van der Waals surface area (Å²) in [6.07, 6.45) is 3.97. The summed E-state index contributed by atoms with van der Waals surface area (Å²) in [5, 5.41) is 3.69. The highest BCUT2D eigenvalue weighted by Crippen LogP contribution is 2.32. The fourth-order valence-electron chi connectivity index (χ4n) is 3.60. The molecule has 1 saturated heterocycles. The van der Waals surface area contributed by atoms with Gasteiger partial charge in [0.2, 0.25) is 5.79 Å². The van der Waals surface area contributed by atoms with Crippen molar-refractivity contribution in [2.75, 3.05) is 26.7 Å². The average Bonchev–Trinajstić information content (AvgIpc) is 2.55. The number of nitrogens with one attached hydrogen (secondary N) is 1. The van der Waals surface area contributed by atoms with Gasteiger partial charge in [-0.3, -0.25) is 0 Å². The van der Waals surface area contributed by atoms with Crippen molar-refractivity contribution in [3.05, 3.63) is 29.3 Å². The Kier molecular flexibility index (Phi) is 5.48. The molecule has 1 atom stereocenters. The summed E-state index contributed by atoms with van der Waals surface area (Å²) in [5.74, 6) is 1.31. The summed E-state index contributed by atoms with van der Waals surface area (Å²) in [6, 6.07) is 6.84. The molecule has 1 aromatic rings. The third-order valence-corrected chi connectivity index (χ3v) is 5.36. The molecular weight excluding hydrogens is 300 g/mol. The Labute approximate surface area is 146 Å². The lowest BCUT2D eigenvalue weighted by molar-refractivity contribution is -0.180. The highest BCUT2D eigenvalue weighted by Gasteiger charge is 2.27. The first-order valence-electron chi connectivity index (χ1n) is 9.31. The zero-order valence-corrected chi connectivity index (χ0v) is 15.6. The van der Waals surface area contributed by atoms with E-state index in [4.69, 9.17) is 9.47 Å². The first-order chi connectivity index (χ1) is 11.4. The first-order valence-corrected chi connectivity index (χ1v) is 9.31. The number of hydrogen-bond acceptors (Lipinski definition) is 4. The summed E-state index contributed by atoms with van der Waals surface area (Å²) >= 11 is 0. The van der Waals surface area contributed by atoms with E-state index in [2.05, 4.69) is 42.4 Å². The van der Waals surface area contributed by atoms with Crippen LogP contribution in [0.4, 0.5) is 0 Å². The van der Waals surface area contributed by atoms with Gasteiger partial charge < -0.3 is 19.7 Å². The zero-order chi connectivity index (χ0) is 17.2. The molecule has 3 rings (SSSR count). The monoisotopic (exact) mass is 332 g/mol. The molecule has 0 saturated carbocycles. The molecule has 0 radical (unpaired) electrons. The molecule has 0 bridgehead atoms. The normalized spacial score (nSPS) is 22.7. The van der Waals surface area contributed by atoms with Crippen LogP contribution in [-0.4, -0.2) is 37.4 Å². The van der Waals surface area contributed by atoms with Gasteiger partial charge in [0.1, 0.15) is 5.75 Å². The molecule has 1 aromatic carbocycles. The van der Waals surface area contributed by atoms with Gasteiger partial charge in [-0.1, -0.05) is 6.07 Å². The predicted octanol–water partition coefficient (Wildman–Crippen LogP) is 3.71. The second kappa shape index (κ2) is 7.42. The van der Waals surface area contributed by atoms with E-state index in [0.29, 0.717) is 12.6 Å². The fraction of sp³-hybridized carbons (Fsp3) is 0.700.